The second-order valence-corrected chi connectivity index (χ2v) is 8.62. The molecular formula is C30H30N2O4. The molecule has 0 bridgehead atoms. The number of hydrogen-bond donors (Lipinski definition) is 1. The third-order valence-electron chi connectivity index (χ3n) is 5.90. The summed E-state index contributed by atoms with van der Waals surface area (Å²) >= 11 is 0. The van der Waals surface area contributed by atoms with Crippen LogP contribution in [0.5, 0.6) is 5.75 Å². The van der Waals surface area contributed by atoms with Crippen molar-refractivity contribution in [3.8, 4) is 5.75 Å². The molecule has 0 aliphatic carbocycles. The number of aromatic nitrogens is 1. The summed E-state index contributed by atoms with van der Waals surface area (Å²) in [5.41, 5.74) is 9.48. The molecule has 3 aromatic carbocycles. The van der Waals surface area contributed by atoms with Gasteiger partial charge in [-0.05, 0) is 30.0 Å². The van der Waals surface area contributed by atoms with E-state index in [0.29, 0.717) is 25.1 Å². The predicted molar refractivity (Wildman–Crippen MR) is 140 cm³/mol. The van der Waals surface area contributed by atoms with Crippen LogP contribution in [0.1, 0.15) is 32.9 Å². The van der Waals surface area contributed by atoms with Crippen LogP contribution in [0, 0.1) is 6.92 Å². The van der Waals surface area contributed by atoms with Crippen LogP contribution in [-0.4, -0.2) is 16.8 Å². The van der Waals surface area contributed by atoms with Gasteiger partial charge in [0.25, 0.3) is 0 Å². The fraction of sp³-hybridized carbons (Fsp3) is 0.200. The quantitative estimate of drug-likeness (QED) is 0.263. The molecule has 6 nitrogen and oxygen atoms in total. The van der Waals surface area contributed by atoms with Gasteiger partial charge in [-0.2, -0.15) is 0 Å². The molecule has 0 spiro atoms. The fourth-order valence-corrected chi connectivity index (χ4v) is 4.08. The second kappa shape index (κ2) is 12.0. The number of ether oxygens (including phenoxy) is 2. The number of aryl methyl sites for hydroxylation is 2. The molecule has 0 fully saturated rings. The Hall–Kier alpha value is -4.16. The molecule has 1 aromatic heterocycles. The van der Waals surface area contributed by atoms with Crippen molar-refractivity contribution < 1.29 is 14.3 Å². The minimum atomic E-state index is -0.875. The van der Waals surface area contributed by atoms with E-state index in [0.717, 1.165) is 16.7 Å². The molecule has 0 saturated carbocycles. The molecule has 4 aromatic rings. The van der Waals surface area contributed by atoms with Crippen LogP contribution in [0.2, 0.25) is 0 Å². The van der Waals surface area contributed by atoms with Gasteiger partial charge in [0.2, 0.25) is 5.43 Å². The average Bonchev–Trinajstić information content (AvgIpc) is 2.89. The van der Waals surface area contributed by atoms with Gasteiger partial charge in [-0.1, -0.05) is 91.0 Å². The summed E-state index contributed by atoms with van der Waals surface area (Å²) in [7, 11) is 0. The fourth-order valence-electron chi connectivity index (χ4n) is 4.08. The van der Waals surface area contributed by atoms with Crippen molar-refractivity contribution in [2.45, 2.75) is 39.1 Å². The van der Waals surface area contributed by atoms with Gasteiger partial charge >= 0.3 is 5.97 Å². The first-order chi connectivity index (χ1) is 17.5. The van der Waals surface area contributed by atoms with Crippen LogP contribution in [0.4, 0.5) is 0 Å². The highest BCUT2D eigenvalue weighted by Crippen LogP contribution is 2.21. The average molecular weight is 483 g/mol. The smallest absolute Gasteiger partial charge is 0.360 e. The highest BCUT2D eigenvalue weighted by Gasteiger charge is 2.25. The molecule has 2 N–H and O–H groups in total. The van der Waals surface area contributed by atoms with Gasteiger partial charge in [0, 0.05) is 24.7 Å². The molecule has 0 saturated heterocycles. The van der Waals surface area contributed by atoms with Gasteiger partial charge in [0.1, 0.15) is 6.61 Å². The SMILES string of the molecule is Cc1cc(=O)c(OCc2ccccc2)c(C(=O)OC(N)Cc2ccccc2)n1CCc1ccccc1. The largest absolute Gasteiger partial charge is 0.482 e. The van der Waals surface area contributed by atoms with E-state index in [-0.39, 0.29) is 23.5 Å². The Labute approximate surface area is 210 Å². The van der Waals surface area contributed by atoms with Crippen molar-refractivity contribution in [3.63, 3.8) is 0 Å². The van der Waals surface area contributed by atoms with Crippen LogP contribution in [0.25, 0.3) is 0 Å². The number of nitrogens with zero attached hydrogens (tertiary/aromatic N) is 1. The number of carbonyl (C=O) groups is 1. The molecule has 0 aliphatic heterocycles. The van der Waals surface area contributed by atoms with Gasteiger partial charge in [-0.3, -0.25) is 10.5 Å². The molecular weight excluding hydrogens is 452 g/mol. The van der Waals surface area contributed by atoms with Crippen molar-refractivity contribution in [2.24, 2.45) is 5.73 Å². The number of carbonyl (C=O) groups excluding carboxylic acids is 1. The Morgan fingerprint density at radius 1 is 0.861 bits per heavy atom. The number of hydrogen-bond acceptors (Lipinski definition) is 5. The lowest BCUT2D eigenvalue weighted by molar-refractivity contribution is 0.0297. The van der Waals surface area contributed by atoms with Crippen molar-refractivity contribution in [3.05, 3.63) is 135 Å². The Balaban J connectivity index is 1.64. The van der Waals surface area contributed by atoms with Crippen LogP contribution >= 0.6 is 0 Å². The Bertz CT molecular complexity index is 1340. The Kier molecular flexibility index (Phi) is 8.32. The molecule has 0 aliphatic rings. The zero-order chi connectivity index (χ0) is 25.3. The maximum absolute atomic E-state index is 13.5. The molecule has 4 rings (SSSR count). The molecule has 184 valence electrons. The van der Waals surface area contributed by atoms with Crippen LogP contribution in [0.15, 0.2) is 102 Å². The number of pyridine rings is 1. The molecule has 6 heteroatoms. The first-order valence-corrected chi connectivity index (χ1v) is 12.0. The minimum Gasteiger partial charge on any atom is -0.482 e. The molecule has 0 amide bonds. The summed E-state index contributed by atoms with van der Waals surface area (Å²) in [4.78, 5) is 26.5. The van der Waals surface area contributed by atoms with Gasteiger partial charge < -0.3 is 14.0 Å². The van der Waals surface area contributed by atoms with E-state index in [1.165, 1.54) is 6.07 Å². The lowest BCUT2D eigenvalue weighted by Gasteiger charge is -2.21. The van der Waals surface area contributed by atoms with Gasteiger partial charge in [0.05, 0.1) is 0 Å². The second-order valence-electron chi connectivity index (χ2n) is 8.62. The maximum Gasteiger partial charge on any atom is 0.360 e. The van der Waals surface area contributed by atoms with Gasteiger partial charge in [-0.25, -0.2) is 4.79 Å². The van der Waals surface area contributed by atoms with E-state index in [1.807, 2.05) is 91.0 Å². The normalized spacial score (nSPS) is 11.6. The van der Waals surface area contributed by atoms with Crippen molar-refractivity contribution in [1.29, 1.82) is 0 Å². The third kappa shape index (κ3) is 6.49. The van der Waals surface area contributed by atoms with E-state index >= 15 is 0 Å². The zero-order valence-electron chi connectivity index (χ0n) is 20.3. The number of esters is 1. The first-order valence-electron chi connectivity index (χ1n) is 12.0. The Morgan fingerprint density at radius 2 is 1.42 bits per heavy atom. The van der Waals surface area contributed by atoms with E-state index in [9.17, 15) is 9.59 Å². The first kappa shape index (κ1) is 24.9. The molecule has 1 unspecified atom stereocenters. The monoisotopic (exact) mass is 482 g/mol. The zero-order valence-corrected chi connectivity index (χ0v) is 20.3. The van der Waals surface area contributed by atoms with Crippen molar-refractivity contribution in [2.75, 3.05) is 0 Å². The van der Waals surface area contributed by atoms with Gasteiger partial charge in [0.15, 0.2) is 17.7 Å². The summed E-state index contributed by atoms with van der Waals surface area (Å²) in [6.45, 7) is 2.42. The van der Waals surface area contributed by atoms with E-state index in [1.54, 1.807) is 11.5 Å². The topological polar surface area (TPSA) is 83.6 Å². The summed E-state index contributed by atoms with van der Waals surface area (Å²) in [5.74, 6) is -0.718. The summed E-state index contributed by atoms with van der Waals surface area (Å²) < 4.78 is 13.4. The standard InChI is InChI=1S/C30H30N2O4/c1-22-19-26(33)29(35-21-25-15-9-4-10-16-25)28(32(22)18-17-23-11-5-2-6-12-23)30(34)36-27(31)20-24-13-7-3-8-14-24/h2-16,19,27H,17-18,20-21,31H2,1H3. The minimum absolute atomic E-state index is 0.0329. The third-order valence-corrected chi connectivity index (χ3v) is 5.90. The highest BCUT2D eigenvalue weighted by atomic mass is 16.6. The lowest BCUT2D eigenvalue weighted by Crippen LogP contribution is -2.32. The highest BCUT2D eigenvalue weighted by molar-refractivity contribution is 5.91. The van der Waals surface area contributed by atoms with E-state index < -0.39 is 12.2 Å². The summed E-state index contributed by atoms with van der Waals surface area (Å²) in [6, 6.07) is 30.5. The molecule has 1 heterocycles. The lowest BCUT2D eigenvalue weighted by atomic mass is 10.1. The predicted octanol–water partition coefficient (Wildman–Crippen LogP) is 4.66. The van der Waals surface area contributed by atoms with E-state index in [4.69, 9.17) is 15.2 Å². The Morgan fingerprint density at radius 3 is 2.03 bits per heavy atom. The number of rotatable bonds is 10. The van der Waals surface area contributed by atoms with E-state index in [2.05, 4.69) is 0 Å². The van der Waals surface area contributed by atoms with Crippen molar-refractivity contribution in [1.82, 2.24) is 4.57 Å². The van der Waals surface area contributed by atoms with Crippen LogP contribution in [0.3, 0.4) is 0 Å². The van der Waals surface area contributed by atoms with Crippen molar-refractivity contribution >= 4 is 5.97 Å². The summed E-state index contributed by atoms with van der Waals surface area (Å²) in [6.07, 6.45) is 0.145. The number of nitrogens with two attached hydrogens (primary N) is 1. The van der Waals surface area contributed by atoms with Gasteiger partial charge in [-0.15, -0.1) is 0 Å². The van der Waals surface area contributed by atoms with Crippen LogP contribution in [-0.2, 0) is 30.7 Å². The molecule has 1 atom stereocenters. The number of benzene rings is 3. The maximum atomic E-state index is 13.5. The molecule has 0 radical (unpaired) electrons. The summed E-state index contributed by atoms with van der Waals surface area (Å²) in [5, 5.41) is 0. The molecule has 36 heavy (non-hydrogen) atoms. The van der Waals surface area contributed by atoms with Crippen LogP contribution < -0.4 is 15.9 Å².